The van der Waals surface area contributed by atoms with Crippen molar-refractivity contribution in [2.45, 2.75) is 19.9 Å². The van der Waals surface area contributed by atoms with Gasteiger partial charge in [0.25, 0.3) is 5.91 Å². The van der Waals surface area contributed by atoms with Crippen LogP contribution in [0.3, 0.4) is 0 Å². The lowest BCUT2D eigenvalue weighted by Crippen LogP contribution is -2.33. The summed E-state index contributed by atoms with van der Waals surface area (Å²) in [5, 5.41) is 2.87. The average molecular weight is 397 g/mol. The van der Waals surface area contributed by atoms with Gasteiger partial charge in [-0.25, -0.2) is 0 Å². The number of amides is 2. The number of thioether (sulfide) groups is 1. The molecule has 0 saturated carbocycles. The van der Waals surface area contributed by atoms with Crippen molar-refractivity contribution in [2.24, 2.45) is 0 Å². The smallest absolute Gasteiger partial charge is 0.266 e. The van der Waals surface area contributed by atoms with E-state index in [0.29, 0.717) is 15.8 Å². The summed E-state index contributed by atoms with van der Waals surface area (Å²) in [6, 6.07) is 17.6. The number of rotatable bonds is 6. The van der Waals surface area contributed by atoms with Crippen molar-refractivity contribution in [2.75, 3.05) is 6.54 Å². The van der Waals surface area contributed by atoms with Gasteiger partial charge in [0.2, 0.25) is 5.91 Å². The summed E-state index contributed by atoms with van der Waals surface area (Å²) in [6.45, 7) is 2.77. The molecule has 27 heavy (non-hydrogen) atoms. The molecule has 0 unspecified atom stereocenters. The fourth-order valence-corrected chi connectivity index (χ4v) is 3.98. The van der Waals surface area contributed by atoms with Crippen molar-refractivity contribution in [3.63, 3.8) is 0 Å². The van der Waals surface area contributed by atoms with Gasteiger partial charge in [-0.05, 0) is 29.7 Å². The van der Waals surface area contributed by atoms with Gasteiger partial charge < -0.3 is 5.32 Å². The van der Waals surface area contributed by atoms with E-state index >= 15 is 0 Å². The molecule has 1 saturated heterocycles. The Bertz CT molecular complexity index is 894. The van der Waals surface area contributed by atoms with Crippen molar-refractivity contribution in [1.29, 1.82) is 0 Å². The molecule has 1 aliphatic rings. The maximum absolute atomic E-state index is 12.6. The fourth-order valence-electron chi connectivity index (χ4n) is 2.68. The molecule has 0 radical (unpaired) electrons. The molecule has 1 aliphatic heterocycles. The molecular formula is C21H20N2O2S2. The molecule has 0 spiro atoms. The lowest BCUT2D eigenvalue weighted by Gasteiger charge is -2.14. The Morgan fingerprint density at radius 2 is 1.85 bits per heavy atom. The summed E-state index contributed by atoms with van der Waals surface area (Å²) in [5.74, 6) is -0.236. The van der Waals surface area contributed by atoms with Crippen LogP contribution in [0.5, 0.6) is 0 Å². The normalized spacial score (nSPS) is 15.4. The lowest BCUT2D eigenvalue weighted by molar-refractivity contribution is -0.123. The van der Waals surface area contributed by atoms with Crippen molar-refractivity contribution in [3.05, 3.63) is 76.2 Å². The molecule has 6 heteroatoms. The van der Waals surface area contributed by atoms with Crippen LogP contribution in [0.1, 0.15) is 23.1 Å². The molecule has 0 aliphatic carbocycles. The maximum atomic E-state index is 12.6. The van der Waals surface area contributed by atoms with Crippen LogP contribution in [-0.2, 0) is 16.1 Å². The zero-order valence-corrected chi connectivity index (χ0v) is 16.6. The molecule has 2 aromatic rings. The summed E-state index contributed by atoms with van der Waals surface area (Å²) >= 11 is 6.62. The second-order valence-electron chi connectivity index (χ2n) is 6.20. The Morgan fingerprint density at radius 1 is 1.15 bits per heavy atom. The number of benzene rings is 2. The first kappa shape index (κ1) is 19.3. The predicted molar refractivity (Wildman–Crippen MR) is 114 cm³/mol. The predicted octanol–water partition coefficient (Wildman–Crippen LogP) is 3.90. The molecule has 2 aromatic carbocycles. The largest absolute Gasteiger partial charge is 0.352 e. The van der Waals surface area contributed by atoms with E-state index in [1.54, 1.807) is 0 Å². The van der Waals surface area contributed by atoms with E-state index in [-0.39, 0.29) is 24.8 Å². The summed E-state index contributed by atoms with van der Waals surface area (Å²) in [5.41, 5.74) is 3.14. The van der Waals surface area contributed by atoms with E-state index in [9.17, 15) is 9.59 Å². The van der Waals surface area contributed by atoms with Gasteiger partial charge in [-0.1, -0.05) is 78.6 Å². The topological polar surface area (TPSA) is 49.4 Å². The van der Waals surface area contributed by atoms with Crippen LogP contribution in [0.25, 0.3) is 6.08 Å². The van der Waals surface area contributed by atoms with Crippen molar-refractivity contribution < 1.29 is 9.59 Å². The molecule has 0 bridgehead atoms. The molecule has 138 valence electrons. The van der Waals surface area contributed by atoms with Gasteiger partial charge in [-0.15, -0.1) is 0 Å². The number of carbonyl (C=O) groups is 2. The lowest BCUT2D eigenvalue weighted by atomic mass is 10.1. The average Bonchev–Trinajstić information content (AvgIpc) is 2.94. The highest BCUT2D eigenvalue weighted by atomic mass is 32.2. The van der Waals surface area contributed by atoms with Gasteiger partial charge in [-0.3, -0.25) is 14.5 Å². The summed E-state index contributed by atoms with van der Waals surface area (Å²) in [4.78, 5) is 26.8. The van der Waals surface area contributed by atoms with E-state index < -0.39 is 0 Å². The molecule has 3 rings (SSSR count). The van der Waals surface area contributed by atoms with Crippen LogP contribution in [0, 0.1) is 6.92 Å². The van der Waals surface area contributed by atoms with E-state index in [1.807, 2.05) is 67.6 Å². The van der Waals surface area contributed by atoms with Crippen LogP contribution < -0.4 is 5.32 Å². The molecule has 1 heterocycles. The van der Waals surface area contributed by atoms with E-state index in [0.717, 1.165) is 16.7 Å². The van der Waals surface area contributed by atoms with Crippen LogP contribution in [0.15, 0.2) is 59.5 Å². The van der Waals surface area contributed by atoms with Gasteiger partial charge >= 0.3 is 0 Å². The molecule has 0 aromatic heterocycles. The molecule has 4 nitrogen and oxygen atoms in total. The summed E-state index contributed by atoms with van der Waals surface area (Å²) < 4.78 is 0.496. The third kappa shape index (κ3) is 5.05. The van der Waals surface area contributed by atoms with Crippen molar-refractivity contribution in [3.8, 4) is 0 Å². The third-order valence-corrected chi connectivity index (χ3v) is 5.62. The first-order chi connectivity index (χ1) is 13.0. The van der Waals surface area contributed by atoms with Gasteiger partial charge in [-0.2, -0.15) is 0 Å². The number of nitrogens with zero attached hydrogens (tertiary/aromatic N) is 1. The van der Waals surface area contributed by atoms with E-state index in [4.69, 9.17) is 12.2 Å². The fraction of sp³-hybridized carbons (Fsp3) is 0.190. The Morgan fingerprint density at radius 3 is 2.59 bits per heavy atom. The van der Waals surface area contributed by atoms with Gasteiger partial charge in [0.1, 0.15) is 4.32 Å². The molecule has 0 atom stereocenters. The van der Waals surface area contributed by atoms with Gasteiger partial charge in [0, 0.05) is 19.5 Å². The van der Waals surface area contributed by atoms with Crippen molar-refractivity contribution in [1.82, 2.24) is 10.2 Å². The monoisotopic (exact) mass is 396 g/mol. The maximum Gasteiger partial charge on any atom is 0.266 e. The van der Waals surface area contributed by atoms with Gasteiger partial charge in [0.05, 0.1) is 4.91 Å². The first-order valence-corrected chi connectivity index (χ1v) is 9.88. The molecule has 1 N–H and O–H groups in total. The second kappa shape index (κ2) is 8.97. The minimum Gasteiger partial charge on any atom is -0.352 e. The van der Waals surface area contributed by atoms with Crippen LogP contribution in [0.4, 0.5) is 0 Å². The van der Waals surface area contributed by atoms with Crippen LogP contribution >= 0.6 is 24.0 Å². The highest BCUT2D eigenvalue weighted by Crippen LogP contribution is 2.33. The minimum atomic E-state index is -0.135. The first-order valence-electron chi connectivity index (χ1n) is 8.66. The number of hydrogen-bond donors (Lipinski definition) is 1. The third-order valence-electron chi connectivity index (χ3n) is 4.24. The highest BCUT2D eigenvalue weighted by Gasteiger charge is 2.32. The molecule has 2 amide bonds. The number of carbonyl (C=O) groups excluding carboxylic acids is 2. The number of thiocarbonyl (C=S) groups is 1. The quantitative estimate of drug-likeness (QED) is 0.594. The highest BCUT2D eigenvalue weighted by molar-refractivity contribution is 8.26. The Balaban J connectivity index is 1.56. The van der Waals surface area contributed by atoms with Crippen molar-refractivity contribution >= 4 is 46.2 Å². The van der Waals surface area contributed by atoms with Crippen LogP contribution in [0.2, 0.25) is 0 Å². The van der Waals surface area contributed by atoms with E-state index in [1.165, 1.54) is 16.7 Å². The standard InChI is InChI=1S/C21H20N2O2S2/c1-15-7-5-6-10-17(15)13-18-20(25)23(21(26)27-18)12-11-19(24)22-14-16-8-3-2-4-9-16/h2-10,13H,11-12,14H2,1H3,(H,22,24)/b18-13-. The molecular weight excluding hydrogens is 376 g/mol. The van der Waals surface area contributed by atoms with E-state index in [2.05, 4.69) is 5.32 Å². The summed E-state index contributed by atoms with van der Waals surface area (Å²) in [7, 11) is 0. The molecule has 1 fully saturated rings. The number of nitrogens with one attached hydrogen (secondary N) is 1. The number of hydrogen-bond acceptors (Lipinski definition) is 4. The van der Waals surface area contributed by atoms with Gasteiger partial charge in [0.15, 0.2) is 0 Å². The number of aryl methyl sites for hydroxylation is 1. The Kier molecular flexibility index (Phi) is 6.42. The van der Waals surface area contributed by atoms with Crippen LogP contribution in [-0.4, -0.2) is 27.6 Å². The summed E-state index contributed by atoms with van der Waals surface area (Å²) in [6.07, 6.45) is 2.08. The SMILES string of the molecule is Cc1ccccc1/C=C1\SC(=S)N(CCC(=O)NCc2ccccc2)C1=O. The Labute approximate surface area is 168 Å². The zero-order valence-electron chi connectivity index (χ0n) is 15.0. The Hall–Kier alpha value is -2.44. The zero-order chi connectivity index (χ0) is 19.2. The minimum absolute atomic E-state index is 0.101. The second-order valence-corrected chi connectivity index (χ2v) is 7.88.